The molecular weight excluding hydrogens is 244 g/mol. The minimum absolute atomic E-state index is 0.143. The van der Waals surface area contributed by atoms with Crippen LogP contribution in [0.4, 0.5) is 0 Å². The van der Waals surface area contributed by atoms with Crippen molar-refractivity contribution in [1.82, 2.24) is 10.3 Å². The van der Waals surface area contributed by atoms with Gasteiger partial charge in [-0.3, -0.25) is 9.78 Å². The topological polar surface area (TPSA) is 42.0 Å². The van der Waals surface area contributed by atoms with Crippen LogP contribution in [-0.4, -0.2) is 28.4 Å². The molecule has 1 aromatic heterocycles. The Balaban J connectivity index is 1.63. The minimum Gasteiger partial charge on any atom is -0.353 e. The molecule has 1 fully saturated rings. The van der Waals surface area contributed by atoms with Crippen LogP contribution < -0.4 is 5.32 Å². The fourth-order valence-electron chi connectivity index (χ4n) is 1.80. The Morgan fingerprint density at radius 3 is 3.06 bits per heavy atom. The summed E-state index contributed by atoms with van der Waals surface area (Å²) in [6.45, 7) is 2.03. The van der Waals surface area contributed by atoms with Gasteiger partial charge in [-0.15, -0.1) is 0 Å². The second-order valence-corrected chi connectivity index (χ2v) is 5.98. The van der Waals surface area contributed by atoms with Crippen molar-refractivity contribution in [1.29, 1.82) is 0 Å². The highest BCUT2D eigenvalue weighted by Crippen LogP contribution is 2.32. The van der Waals surface area contributed by atoms with Crippen LogP contribution in [0.5, 0.6) is 0 Å². The molecule has 1 atom stereocenters. The summed E-state index contributed by atoms with van der Waals surface area (Å²) in [5.74, 6) is 2.75. The molecule has 3 nitrogen and oxygen atoms in total. The first-order chi connectivity index (χ1) is 8.74. The van der Waals surface area contributed by atoms with Crippen LogP contribution in [-0.2, 0) is 11.2 Å². The quantitative estimate of drug-likeness (QED) is 0.821. The van der Waals surface area contributed by atoms with Crippen molar-refractivity contribution in [2.75, 3.05) is 11.5 Å². The Hall–Kier alpha value is -1.03. The van der Waals surface area contributed by atoms with Crippen molar-refractivity contribution in [2.24, 2.45) is 5.92 Å². The second kappa shape index (κ2) is 6.78. The number of carbonyl (C=O) groups excluding carboxylic acids is 1. The van der Waals surface area contributed by atoms with E-state index < -0.39 is 0 Å². The zero-order valence-corrected chi connectivity index (χ0v) is 11.6. The van der Waals surface area contributed by atoms with Gasteiger partial charge in [-0.1, -0.05) is 6.07 Å². The summed E-state index contributed by atoms with van der Waals surface area (Å²) >= 11 is 1.75. The van der Waals surface area contributed by atoms with Crippen molar-refractivity contribution in [3.63, 3.8) is 0 Å². The summed E-state index contributed by atoms with van der Waals surface area (Å²) in [6, 6.07) is 6.02. The van der Waals surface area contributed by atoms with Gasteiger partial charge in [-0.05, 0) is 43.6 Å². The Bertz CT molecular complexity index is 379. The monoisotopic (exact) mass is 264 g/mol. The van der Waals surface area contributed by atoms with E-state index in [9.17, 15) is 4.79 Å². The third kappa shape index (κ3) is 5.08. The summed E-state index contributed by atoms with van der Waals surface area (Å²) in [6.07, 6.45) is 5.28. The van der Waals surface area contributed by atoms with Crippen LogP contribution in [0.25, 0.3) is 0 Å². The predicted octanol–water partition coefficient (Wildman–Crippen LogP) is 2.27. The van der Waals surface area contributed by atoms with E-state index in [1.54, 1.807) is 18.0 Å². The second-order valence-electron chi connectivity index (χ2n) is 4.95. The van der Waals surface area contributed by atoms with Gasteiger partial charge in [0.15, 0.2) is 0 Å². The molecule has 1 aliphatic rings. The predicted molar refractivity (Wildman–Crippen MR) is 75.6 cm³/mol. The fraction of sp³-hybridized carbons (Fsp3) is 0.571. The first-order valence-electron chi connectivity index (χ1n) is 6.51. The van der Waals surface area contributed by atoms with Crippen LogP contribution in [0.1, 0.15) is 25.5 Å². The van der Waals surface area contributed by atoms with E-state index in [1.165, 1.54) is 12.8 Å². The molecule has 0 aromatic carbocycles. The summed E-state index contributed by atoms with van der Waals surface area (Å²) in [5.41, 5.74) is 1.02. The number of hydrogen-bond acceptors (Lipinski definition) is 3. The minimum atomic E-state index is 0.143. The third-order valence-corrected chi connectivity index (χ3v) is 4.11. The Kier molecular flexibility index (Phi) is 5.05. The first-order valence-corrected chi connectivity index (χ1v) is 7.66. The highest BCUT2D eigenvalue weighted by molar-refractivity contribution is 7.99. The van der Waals surface area contributed by atoms with Crippen LogP contribution in [0.15, 0.2) is 24.4 Å². The fourth-order valence-corrected chi connectivity index (χ4v) is 2.86. The number of nitrogens with zero attached hydrogens (tertiary/aromatic N) is 1. The molecule has 0 unspecified atom stereocenters. The van der Waals surface area contributed by atoms with Gasteiger partial charge in [-0.2, -0.15) is 11.8 Å². The number of carbonyl (C=O) groups is 1. The molecule has 1 heterocycles. The Labute approximate surface area is 113 Å². The molecule has 1 N–H and O–H groups in total. The lowest BCUT2D eigenvalue weighted by Crippen LogP contribution is -2.35. The number of amides is 1. The van der Waals surface area contributed by atoms with Crippen molar-refractivity contribution in [3.05, 3.63) is 30.1 Å². The van der Waals surface area contributed by atoms with E-state index in [0.29, 0.717) is 5.75 Å². The van der Waals surface area contributed by atoms with Gasteiger partial charge in [0.05, 0.1) is 5.75 Å². The number of nitrogens with one attached hydrogen (secondary N) is 1. The summed E-state index contributed by atoms with van der Waals surface area (Å²) in [7, 11) is 0. The van der Waals surface area contributed by atoms with Crippen molar-refractivity contribution in [3.8, 4) is 0 Å². The van der Waals surface area contributed by atoms with Crippen LogP contribution in [0.3, 0.4) is 0 Å². The molecule has 98 valence electrons. The van der Waals surface area contributed by atoms with E-state index in [1.807, 2.05) is 25.1 Å². The van der Waals surface area contributed by atoms with Crippen molar-refractivity contribution in [2.45, 2.75) is 32.2 Å². The van der Waals surface area contributed by atoms with Gasteiger partial charge < -0.3 is 5.32 Å². The highest BCUT2D eigenvalue weighted by atomic mass is 32.2. The highest BCUT2D eigenvalue weighted by Gasteiger charge is 2.21. The molecule has 2 rings (SSSR count). The summed E-state index contributed by atoms with van der Waals surface area (Å²) < 4.78 is 0. The Morgan fingerprint density at radius 1 is 1.56 bits per heavy atom. The maximum atomic E-state index is 11.7. The normalized spacial score (nSPS) is 16.3. The number of thioether (sulfide) groups is 1. The molecule has 1 aromatic rings. The average Bonchev–Trinajstić information content (AvgIpc) is 3.14. The Morgan fingerprint density at radius 2 is 2.39 bits per heavy atom. The molecule has 1 amide bonds. The van der Waals surface area contributed by atoms with E-state index in [4.69, 9.17) is 0 Å². The van der Waals surface area contributed by atoms with Gasteiger partial charge >= 0.3 is 0 Å². The molecule has 4 heteroatoms. The largest absolute Gasteiger partial charge is 0.353 e. The van der Waals surface area contributed by atoms with E-state index in [-0.39, 0.29) is 11.9 Å². The van der Waals surface area contributed by atoms with Gasteiger partial charge in [0.25, 0.3) is 0 Å². The molecule has 0 spiro atoms. The number of hydrogen-bond donors (Lipinski definition) is 1. The van der Waals surface area contributed by atoms with Crippen LogP contribution in [0, 0.1) is 5.92 Å². The number of rotatable bonds is 7. The molecule has 0 saturated heterocycles. The molecule has 18 heavy (non-hydrogen) atoms. The standard InChI is InChI=1S/C14H20N2OS/c1-11(8-13-4-2-3-7-15-13)16-14(17)10-18-9-12-5-6-12/h2-4,7,11-12H,5-6,8-10H2,1H3,(H,16,17)/t11-/m1/s1. The summed E-state index contributed by atoms with van der Waals surface area (Å²) in [4.78, 5) is 16.0. The van der Waals surface area contributed by atoms with Crippen LogP contribution >= 0.6 is 11.8 Å². The maximum Gasteiger partial charge on any atom is 0.230 e. The van der Waals surface area contributed by atoms with Gasteiger partial charge in [-0.25, -0.2) is 0 Å². The third-order valence-electron chi connectivity index (χ3n) is 2.93. The molecular formula is C14H20N2OS. The van der Waals surface area contributed by atoms with Crippen molar-refractivity contribution >= 4 is 17.7 Å². The van der Waals surface area contributed by atoms with E-state index in [2.05, 4.69) is 10.3 Å². The summed E-state index contributed by atoms with van der Waals surface area (Å²) in [5, 5.41) is 3.02. The average molecular weight is 264 g/mol. The van der Waals surface area contributed by atoms with Gasteiger partial charge in [0, 0.05) is 24.4 Å². The molecule has 1 saturated carbocycles. The van der Waals surface area contributed by atoms with E-state index in [0.717, 1.165) is 23.8 Å². The lowest BCUT2D eigenvalue weighted by Gasteiger charge is -2.13. The van der Waals surface area contributed by atoms with Gasteiger partial charge in [0.2, 0.25) is 5.91 Å². The molecule has 0 bridgehead atoms. The first kappa shape index (κ1) is 13.4. The zero-order valence-electron chi connectivity index (χ0n) is 10.8. The smallest absolute Gasteiger partial charge is 0.230 e. The van der Waals surface area contributed by atoms with Crippen molar-refractivity contribution < 1.29 is 4.79 Å². The molecule has 1 aliphatic carbocycles. The lowest BCUT2D eigenvalue weighted by molar-refractivity contribution is -0.119. The lowest BCUT2D eigenvalue weighted by atomic mass is 10.1. The number of aromatic nitrogens is 1. The van der Waals surface area contributed by atoms with E-state index >= 15 is 0 Å². The number of pyridine rings is 1. The SMILES string of the molecule is C[C@H](Cc1ccccn1)NC(=O)CSCC1CC1. The van der Waals surface area contributed by atoms with Crippen LogP contribution in [0.2, 0.25) is 0 Å². The molecule has 0 radical (unpaired) electrons. The zero-order chi connectivity index (χ0) is 12.8. The maximum absolute atomic E-state index is 11.7. The molecule has 0 aliphatic heterocycles. The van der Waals surface area contributed by atoms with Gasteiger partial charge in [0.1, 0.15) is 0 Å².